The minimum atomic E-state index is -0.140. The second kappa shape index (κ2) is 7.36. The van der Waals surface area contributed by atoms with E-state index in [0.29, 0.717) is 39.2 Å². The third-order valence-electron chi connectivity index (χ3n) is 4.09. The number of carbonyl (C=O) groups excluding carboxylic acids is 1. The van der Waals surface area contributed by atoms with E-state index < -0.39 is 0 Å². The molecular weight excluding hydrogens is 356 g/mol. The molecule has 0 radical (unpaired) electrons. The number of hydrogen-bond acceptors (Lipinski definition) is 9. The van der Waals surface area contributed by atoms with Gasteiger partial charge in [0.2, 0.25) is 5.82 Å². The van der Waals surface area contributed by atoms with Crippen LogP contribution in [0.2, 0.25) is 0 Å². The number of nitrogens with two attached hydrogens (primary N) is 1. The van der Waals surface area contributed by atoms with E-state index in [1.165, 1.54) is 23.8 Å². The van der Waals surface area contributed by atoms with Crippen molar-refractivity contribution in [2.75, 3.05) is 45.1 Å². The fraction of sp³-hybridized carbons (Fsp3) is 0.375. The summed E-state index contributed by atoms with van der Waals surface area (Å²) >= 11 is 1.27. The second-order valence-electron chi connectivity index (χ2n) is 5.81. The van der Waals surface area contributed by atoms with Crippen molar-refractivity contribution in [1.82, 2.24) is 25.2 Å². The van der Waals surface area contributed by atoms with Gasteiger partial charge in [-0.25, -0.2) is 15.0 Å². The number of anilines is 1. The number of hydrogen-bond donors (Lipinski definition) is 2. The molecule has 26 heavy (non-hydrogen) atoms. The number of carbonyl (C=O) groups is 1. The molecule has 0 bridgehead atoms. The van der Waals surface area contributed by atoms with Crippen molar-refractivity contribution in [3.63, 3.8) is 0 Å². The summed E-state index contributed by atoms with van der Waals surface area (Å²) in [7, 11) is 0. The lowest BCUT2D eigenvalue weighted by molar-refractivity contribution is 0.0383. The summed E-state index contributed by atoms with van der Waals surface area (Å²) in [5.41, 5.74) is 6.01. The Hall–Kier alpha value is -2.56. The van der Waals surface area contributed by atoms with Gasteiger partial charge in [0, 0.05) is 26.2 Å². The molecule has 1 fully saturated rings. The van der Waals surface area contributed by atoms with Gasteiger partial charge in [0.15, 0.2) is 0 Å². The predicted octanol–water partition coefficient (Wildman–Crippen LogP) is 0.990. The highest BCUT2D eigenvalue weighted by atomic mass is 32.1. The molecule has 0 aromatic carbocycles. The number of nitrogens with zero attached hydrogens (tertiary/aromatic N) is 4. The highest BCUT2D eigenvalue weighted by Gasteiger charge is 2.17. The standard InChI is InChI=1S/C16H18N6O3S/c17-12-10-9-11(14(23)18-1-3-22-4-7-24-8-5-22)26-16(10)21-13(20-12)15-19-2-6-25-15/h2,6,9H,1,3-5,7-8H2,(H,18,23)(H2,17,20,21). The molecule has 0 unspecified atom stereocenters. The number of nitrogen functional groups attached to an aromatic ring is 1. The van der Waals surface area contributed by atoms with E-state index >= 15 is 0 Å². The maximum Gasteiger partial charge on any atom is 0.264 e. The third kappa shape index (κ3) is 3.52. The summed E-state index contributed by atoms with van der Waals surface area (Å²) in [6, 6.07) is 1.72. The minimum absolute atomic E-state index is 0.140. The first-order valence-corrected chi connectivity index (χ1v) is 9.07. The Morgan fingerprint density at radius 2 is 2.19 bits per heavy atom. The van der Waals surface area contributed by atoms with Gasteiger partial charge in [-0.1, -0.05) is 0 Å². The van der Waals surface area contributed by atoms with Crippen molar-refractivity contribution in [1.29, 1.82) is 0 Å². The average Bonchev–Trinajstić information content (AvgIpc) is 3.32. The van der Waals surface area contributed by atoms with Gasteiger partial charge in [-0.05, 0) is 6.07 Å². The van der Waals surface area contributed by atoms with Crippen LogP contribution in [-0.4, -0.2) is 65.2 Å². The average molecular weight is 374 g/mol. The van der Waals surface area contributed by atoms with Gasteiger partial charge in [-0.2, -0.15) is 0 Å². The van der Waals surface area contributed by atoms with Crippen molar-refractivity contribution in [3.8, 4) is 11.7 Å². The number of fused-ring (bicyclic) bond motifs is 1. The van der Waals surface area contributed by atoms with Crippen LogP contribution in [0.1, 0.15) is 9.67 Å². The number of morpholine rings is 1. The fourth-order valence-electron chi connectivity index (χ4n) is 2.72. The lowest BCUT2D eigenvalue weighted by Gasteiger charge is -2.26. The number of thiophene rings is 1. The molecule has 4 heterocycles. The molecule has 0 atom stereocenters. The second-order valence-corrected chi connectivity index (χ2v) is 6.84. The number of aromatic nitrogens is 3. The quantitative estimate of drug-likeness (QED) is 0.678. The van der Waals surface area contributed by atoms with E-state index in [0.717, 1.165) is 32.8 Å². The van der Waals surface area contributed by atoms with Crippen LogP contribution in [0.25, 0.3) is 21.9 Å². The molecule has 1 saturated heterocycles. The lowest BCUT2D eigenvalue weighted by atomic mass is 10.3. The molecule has 3 aromatic rings. The Morgan fingerprint density at radius 1 is 1.35 bits per heavy atom. The molecule has 10 heteroatoms. The molecule has 1 amide bonds. The van der Waals surface area contributed by atoms with Crippen LogP contribution < -0.4 is 11.1 Å². The van der Waals surface area contributed by atoms with Gasteiger partial charge < -0.3 is 20.2 Å². The van der Waals surface area contributed by atoms with E-state index in [-0.39, 0.29) is 5.91 Å². The Morgan fingerprint density at radius 3 is 2.96 bits per heavy atom. The zero-order valence-electron chi connectivity index (χ0n) is 14.0. The molecule has 9 nitrogen and oxygen atoms in total. The van der Waals surface area contributed by atoms with Crippen molar-refractivity contribution >= 4 is 33.3 Å². The summed E-state index contributed by atoms with van der Waals surface area (Å²) in [4.78, 5) is 28.5. The van der Waals surface area contributed by atoms with Crippen LogP contribution in [0.15, 0.2) is 22.9 Å². The maximum absolute atomic E-state index is 12.4. The summed E-state index contributed by atoms with van der Waals surface area (Å²) in [5.74, 6) is 0.759. The fourth-order valence-corrected chi connectivity index (χ4v) is 3.68. The van der Waals surface area contributed by atoms with Gasteiger partial charge in [-0.3, -0.25) is 9.69 Å². The van der Waals surface area contributed by atoms with Crippen LogP contribution in [-0.2, 0) is 4.74 Å². The molecule has 3 aromatic heterocycles. The van der Waals surface area contributed by atoms with Crippen molar-refractivity contribution in [2.24, 2.45) is 0 Å². The SMILES string of the molecule is Nc1nc(-c2ncco2)nc2sc(C(=O)NCCN3CCOCC3)cc12. The number of nitrogens with one attached hydrogen (secondary N) is 1. The van der Waals surface area contributed by atoms with E-state index in [4.69, 9.17) is 14.9 Å². The van der Waals surface area contributed by atoms with Gasteiger partial charge in [0.25, 0.3) is 11.8 Å². The van der Waals surface area contributed by atoms with E-state index in [2.05, 4.69) is 25.2 Å². The Bertz CT molecular complexity index is 904. The summed E-state index contributed by atoms with van der Waals surface area (Å²) in [5, 5.41) is 3.59. The molecule has 0 saturated carbocycles. The molecule has 1 aliphatic rings. The topological polar surface area (TPSA) is 119 Å². The molecular formula is C16H18N6O3S. The normalized spacial score (nSPS) is 15.4. The minimum Gasteiger partial charge on any atom is -0.442 e. The summed E-state index contributed by atoms with van der Waals surface area (Å²) in [6.45, 7) is 4.67. The highest BCUT2D eigenvalue weighted by Crippen LogP contribution is 2.29. The highest BCUT2D eigenvalue weighted by molar-refractivity contribution is 7.20. The van der Waals surface area contributed by atoms with Crippen molar-refractivity contribution < 1.29 is 13.9 Å². The van der Waals surface area contributed by atoms with Gasteiger partial charge in [0.05, 0.1) is 29.7 Å². The zero-order valence-corrected chi connectivity index (χ0v) is 14.8. The maximum atomic E-state index is 12.4. The van der Waals surface area contributed by atoms with Crippen LogP contribution in [0.3, 0.4) is 0 Å². The van der Waals surface area contributed by atoms with Gasteiger partial charge >= 0.3 is 0 Å². The van der Waals surface area contributed by atoms with Gasteiger partial charge in [0.1, 0.15) is 16.9 Å². The van der Waals surface area contributed by atoms with Crippen LogP contribution in [0.5, 0.6) is 0 Å². The summed E-state index contributed by atoms with van der Waals surface area (Å²) in [6.07, 6.45) is 2.96. The Balaban J connectivity index is 1.46. The molecule has 4 rings (SSSR count). The molecule has 3 N–H and O–H groups in total. The first kappa shape index (κ1) is 16.9. The Labute approximate surface area is 153 Å². The van der Waals surface area contributed by atoms with Crippen LogP contribution in [0, 0.1) is 0 Å². The molecule has 0 spiro atoms. The zero-order chi connectivity index (χ0) is 17.9. The van der Waals surface area contributed by atoms with Crippen molar-refractivity contribution in [2.45, 2.75) is 0 Å². The summed E-state index contributed by atoms with van der Waals surface area (Å²) < 4.78 is 10.5. The molecule has 0 aliphatic carbocycles. The monoisotopic (exact) mass is 374 g/mol. The number of amides is 1. The Kier molecular flexibility index (Phi) is 4.78. The smallest absolute Gasteiger partial charge is 0.264 e. The first-order valence-electron chi connectivity index (χ1n) is 8.26. The van der Waals surface area contributed by atoms with Crippen molar-refractivity contribution in [3.05, 3.63) is 23.4 Å². The van der Waals surface area contributed by atoms with Crippen LogP contribution >= 0.6 is 11.3 Å². The van der Waals surface area contributed by atoms with Crippen LogP contribution in [0.4, 0.5) is 5.82 Å². The lowest BCUT2D eigenvalue weighted by Crippen LogP contribution is -2.41. The molecule has 136 valence electrons. The number of ether oxygens (including phenoxy) is 1. The number of rotatable bonds is 5. The first-order chi connectivity index (χ1) is 12.7. The van der Waals surface area contributed by atoms with E-state index in [1.54, 1.807) is 6.07 Å². The van der Waals surface area contributed by atoms with Gasteiger partial charge in [-0.15, -0.1) is 11.3 Å². The largest absolute Gasteiger partial charge is 0.442 e. The molecule has 1 aliphatic heterocycles. The predicted molar refractivity (Wildman–Crippen MR) is 96.9 cm³/mol. The number of oxazole rings is 1. The van der Waals surface area contributed by atoms with E-state index in [1.807, 2.05) is 0 Å². The van der Waals surface area contributed by atoms with E-state index in [9.17, 15) is 4.79 Å². The third-order valence-corrected chi connectivity index (χ3v) is 5.11.